The molecule has 5 aliphatic carbocycles. The lowest BCUT2D eigenvalue weighted by molar-refractivity contribution is 0.210. The van der Waals surface area contributed by atoms with Crippen molar-refractivity contribution in [3.8, 4) is 11.1 Å². The van der Waals surface area contributed by atoms with E-state index in [4.69, 9.17) is 0 Å². The predicted molar refractivity (Wildman–Crippen MR) is 243 cm³/mol. The van der Waals surface area contributed by atoms with E-state index in [0.29, 0.717) is 23.7 Å². The molecule has 0 N–H and O–H groups in total. The molecule has 5 aliphatic rings. The summed E-state index contributed by atoms with van der Waals surface area (Å²) in [6, 6.07) is 20.3. The van der Waals surface area contributed by atoms with Crippen molar-refractivity contribution in [3.63, 3.8) is 0 Å². The molecule has 0 heteroatoms. The molecule has 2 unspecified atom stereocenters. The summed E-state index contributed by atoms with van der Waals surface area (Å²) >= 11 is 0. The number of benzene rings is 4. The van der Waals surface area contributed by atoms with Crippen LogP contribution in [0.1, 0.15) is 169 Å². The highest BCUT2D eigenvalue weighted by atomic mass is 14.6. The standard InChI is InChI=1S/C56H68/c1-13-36(14-2)39-30-41(37(15-3)16-4)49(38-20-18-17-19-21-38)56(31-39)46-25-23-40-51(48(46)44-29-35(8)47-34(7)26-33(6)28-43(47)50(44)56)55(11,12)53-42-27-32(5)22-24-45(42)54(9,10)52(40)53/h22-31,36-38,49H,13-21H2,1-12H3. The molecule has 2 atom stereocenters. The zero-order valence-electron chi connectivity index (χ0n) is 36.9. The summed E-state index contributed by atoms with van der Waals surface area (Å²) in [7, 11) is 0. The molecule has 4 aromatic carbocycles. The van der Waals surface area contributed by atoms with Crippen molar-refractivity contribution in [2.24, 2.45) is 23.7 Å². The van der Waals surface area contributed by atoms with E-state index in [9.17, 15) is 0 Å². The van der Waals surface area contributed by atoms with Gasteiger partial charge in [-0.25, -0.2) is 0 Å². The van der Waals surface area contributed by atoms with Gasteiger partial charge in [0.05, 0.1) is 0 Å². The molecule has 0 saturated heterocycles. The summed E-state index contributed by atoms with van der Waals surface area (Å²) in [6.45, 7) is 29.4. The number of aryl methyl sites for hydroxylation is 4. The fourth-order valence-electron chi connectivity index (χ4n) is 13.9. The number of hydrogen-bond acceptors (Lipinski definition) is 0. The van der Waals surface area contributed by atoms with Gasteiger partial charge in [0.2, 0.25) is 0 Å². The second-order valence-electron chi connectivity index (χ2n) is 20.1. The smallest absolute Gasteiger partial charge is 0.0474 e. The maximum atomic E-state index is 2.94. The molecule has 1 saturated carbocycles. The van der Waals surface area contributed by atoms with Gasteiger partial charge in [-0.3, -0.25) is 0 Å². The summed E-state index contributed by atoms with van der Waals surface area (Å²) in [5, 5.41) is 3.01. The first-order valence-corrected chi connectivity index (χ1v) is 22.8. The predicted octanol–water partition coefficient (Wildman–Crippen LogP) is 15.8. The zero-order valence-corrected chi connectivity index (χ0v) is 36.9. The summed E-state index contributed by atoms with van der Waals surface area (Å²) in [5.41, 5.74) is 24.2. The molecule has 292 valence electrons. The highest BCUT2D eigenvalue weighted by Gasteiger charge is 2.58. The fourth-order valence-corrected chi connectivity index (χ4v) is 13.9. The van der Waals surface area contributed by atoms with Crippen LogP contribution >= 0.6 is 0 Å². The molecule has 0 nitrogen and oxygen atoms in total. The van der Waals surface area contributed by atoms with Crippen LogP contribution in [-0.2, 0) is 16.2 Å². The van der Waals surface area contributed by atoms with E-state index in [1.165, 1.54) is 113 Å². The maximum Gasteiger partial charge on any atom is 0.0474 e. The van der Waals surface area contributed by atoms with Crippen LogP contribution in [0.5, 0.6) is 0 Å². The third-order valence-corrected chi connectivity index (χ3v) is 16.2. The van der Waals surface area contributed by atoms with E-state index in [2.05, 4.69) is 144 Å². The van der Waals surface area contributed by atoms with Gasteiger partial charge in [-0.15, -0.1) is 0 Å². The Balaban J connectivity index is 1.46. The Morgan fingerprint density at radius 3 is 1.93 bits per heavy atom. The maximum absolute atomic E-state index is 2.94. The fraction of sp³-hybridized carbons (Fsp3) is 0.500. The van der Waals surface area contributed by atoms with Crippen LogP contribution in [0.3, 0.4) is 0 Å². The Morgan fingerprint density at radius 2 is 1.25 bits per heavy atom. The summed E-state index contributed by atoms with van der Waals surface area (Å²) in [6.07, 6.45) is 17.4. The van der Waals surface area contributed by atoms with Gasteiger partial charge in [0.15, 0.2) is 0 Å². The molecule has 0 heterocycles. The molecule has 0 amide bonds. The summed E-state index contributed by atoms with van der Waals surface area (Å²) in [5.74, 6) is 2.29. The molecule has 1 fully saturated rings. The van der Waals surface area contributed by atoms with E-state index in [-0.39, 0.29) is 16.2 Å². The monoisotopic (exact) mass is 741 g/mol. The number of allylic oxidation sites excluding steroid dienone is 6. The molecule has 4 aromatic rings. The van der Waals surface area contributed by atoms with E-state index in [0.717, 1.165) is 0 Å². The third kappa shape index (κ3) is 4.96. The van der Waals surface area contributed by atoms with E-state index in [1.807, 2.05) is 0 Å². The van der Waals surface area contributed by atoms with Crippen LogP contribution in [0.25, 0.3) is 33.0 Å². The Morgan fingerprint density at radius 1 is 0.607 bits per heavy atom. The Labute approximate surface area is 340 Å². The first kappa shape index (κ1) is 37.9. The van der Waals surface area contributed by atoms with Crippen LogP contribution in [-0.4, -0.2) is 0 Å². The molecule has 1 spiro atoms. The lowest BCUT2D eigenvalue weighted by Gasteiger charge is -2.50. The third-order valence-electron chi connectivity index (χ3n) is 16.2. The first-order valence-electron chi connectivity index (χ1n) is 22.8. The van der Waals surface area contributed by atoms with E-state index >= 15 is 0 Å². The minimum Gasteiger partial charge on any atom is -0.0654 e. The lowest BCUT2D eigenvalue weighted by Crippen LogP contribution is -2.43. The minimum absolute atomic E-state index is 0.0504. The molecule has 9 rings (SSSR count). The second-order valence-corrected chi connectivity index (χ2v) is 20.1. The quantitative estimate of drug-likeness (QED) is 0.177. The number of hydrogen-bond donors (Lipinski definition) is 0. The average Bonchev–Trinajstić information content (AvgIpc) is 3.67. The van der Waals surface area contributed by atoms with Crippen molar-refractivity contribution in [2.75, 3.05) is 0 Å². The molecule has 0 aromatic heterocycles. The zero-order chi connectivity index (χ0) is 39.6. The summed E-state index contributed by atoms with van der Waals surface area (Å²) < 4.78 is 0. The van der Waals surface area contributed by atoms with Crippen LogP contribution in [0.2, 0.25) is 0 Å². The van der Waals surface area contributed by atoms with Crippen molar-refractivity contribution in [1.29, 1.82) is 0 Å². The normalized spacial score (nSPS) is 23.1. The molecule has 56 heavy (non-hydrogen) atoms. The summed E-state index contributed by atoms with van der Waals surface area (Å²) in [4.78, 5) is 0. The Bertz CT molecular complexity index is 2380. The van der Waals surface area contributed by atoms with Crippen molar-refractivity contribution < 1.29 is 0 Å². The van der Waals surface area contributed by atoms with Crippen molar-refractivity contribution in [2.45, 2.75) is 157 Å². The number of fused-ring (bicyclic) bond motifs is 12. The van der Waals surface area contributed by atoms with Gasteiger partial charge in [0.1, 0.15) is 0 Å². The Kier molecular flexibility index (Phi) is 8.93. The van der Waals surface area contributed by atoms with E-state index < -0.39 is 0 Å². The SMILES string of the molecule is CCC(CC)C1=CC2(c3ccc4c(c3-c3cc(C)c5c(C)cc(C)cc5c32)C(C)(C)C2=C4C(C)(C)c3ccc(C)cc32)C(C2CCCCC2)C(C(CC)CC)=C1. The minimum atomic E-state index is -0.217. The first-order chi connectivity index (χ1) is 26.8. The van der Waals surface area contributed by atoms with Crippen LogP contribution in [0, 0.1) is 51.4 Å². The van der Waals surface area contributed by atoms with Gasteiger partial charge in [-0.05, 0) is 167 Å². The van der Waals surface area contributed by atoms with Gasteiger partial charge in [0, 0.05) is 22.2 Å². The lowest BCUT2D eigenvalue weighted by atomic mass is 9.53. The molecular formula is C56H68. The highest BCUT2D eigenvalue weighted by Crippen LogP contribution is 2.70. The molecular weight excluding hydrogens is 673 g/mol. The van der Waals surface area contributed by atoms with Gasteiger partial charge in [-0.2, -0.15) is 0 Å². The van der Waals surface area contributed by atoms with Gasteiger partial charge in [0.25, 0.3) is 0 Å². The molecule has 0 radical (unpaired) electrons. The van der Waals surface area contributed by atoms with Crippen molar-refractivity contribution in [3.05, 3.63) is 127 Å². The van der Waals surface area contributed by atoms with Crippen LogP contribution in [0.4, 0.5) is 0 Å². The van der Waals surface area contributed by atoms with Crippen molar-refractivity contribution in [1.82, 2.24) is 0 Å². The van der Waals surface area contributed by atoms with Crippen molar-refractivity contribution >= 4 is 21.9 Å². The largest absolute Gasteiger partial charge is 0.0654 e. The average molecular weight is 741 g/mol. The van der Waals surface area contributed by atoms with Gasteiger partial charge < -0.3 is 0 Å². The molecule has 0 aliphatic heterocycles. The highest BCUT2D eigenvalue weighted by molar-refractivity contribution is 6.13. The Hall–Kier alpha value is -3.64. The van der Waals surface area contributed by atoms with Crippen LogP contribution in [0.15, 0.2) is 71.8 Å². The van der Waals surface area contributed by atoms with Gasteiger partial charge >= 0.3 is 0 Å². The molecule has 0 bridgehead atoms. The van der Waals surface area contributed by atoms with Crippen LogP contribution < -0.4 is 0 Å². The van der Waals surface area contributed by atoms with E-state index in [1.54, 1.807) is 44.5 Å². The van der Waals surface area contributed by atoms with Gasteiger partial charge in [-0.1, -0.05) is 152 Å². The second kappa shape index (κ2) is 13.2. The number of rotatable bonds is 7. The topological polar surface area (TPSA) is 0 Å².